The molecule has 0 aromatic heterocycles. The van der Waals surface area contributed by atoms with Crippen LogP contribution in [0.4, 0.5) is 34.1 Å². The third-order valence-electron chi connectivity index (χ3n) is 8.63. The van der Waals surface area contributed by atoms with Gasteiger partial charge >= 0.3 is 0 Å². The van der Waals surface area contributed by atoms with Gasteiger partial charge in [-0.05, 0) is 82.6 Å². The van der Waals surface area contributed by atoms with Crippen LogP contribution in [0.3, 0.4) is 0 Å². The number of anilines is 6. The number of nitrogens with zero attached hydrogens (tertiary/aromatic N) is 2. The van der Waals surface area contributed by atoms with Crippen LogP contribution >= 0.6 is 0 Å². The lowest BCUT2D eigenvalue weighted by Gasteiger charge is -2.27. The quantitative estimate of drug-likeness (QED) is 0.172. The Morgan fingerprint density at radius 3 is 1.00 bits per heavy atom. The monoisotopic (exact) mass is 632 g/mol. The summed E-state index contributed by atoms with van der Waals surface area (Å²) in [4.78, 5) is 4.69. The molecule has 8 aromatic rings. The van der Waals surface area contributed by atoms with Crippen molar-refractivity contribution in [3.63, 3.8) is 0 Å². The van der Waals surface area contributed by atoms with E-state index in [2.05, 4.69) is 218 Å². The molecular weight excluding hydrogens is 593 g/mol. The van der Waals surface area contributed by atoms with E-state index in [1.807, 2.05) is 0 Å². The van der Waals surface area contributed by atoms with Crippen molar-refractivity contribution >= 4 is 55.7 Å². The highest BCUT2D eigenvalue weighted by molar-refractivity contribution is 6.00. The first-order chi connectivity index (χ1) is 24.2. The summed E-state index contributed by atoms with van der Waals surface area (Å²) in [6.45, 7) is 4.25. The number of para-hydroxylation sites is 2. The lowest BCUT2D eigenvalue weighted by Crippen LogP contribution is -2.10. The Balaban J connectivity index is 0.00000122. The van der Waals surface area contributed by atoms with E-state index in [1.54, 1.807) is 0 Å². The third-order valence-corrected chi connectivity index (χ3v) is 8.63. The van der Waals surface area contributed by atoms with Crippen LogP contribution in [-0.4, -0.2) is 0 Å². The molecule has 0 aliphatic carbocycles. The maximum absolute atomic E-state index is 2.34. The molecular formula is C47H40N2. The largest absolute Gasteiger partial charge is 0.310 e. The van der Waals surface area contributed by atoms with Gasteiger partial charge in [-0.1, -0.05) is 154 Å². The SMILES string of the molecule is CCC.c1ccc(N(c2ccc(-c3ccc(N(c4ccccc4)c4cccc5ccccc45)cc3)cc2)c2cccc3ccccc23)cc1. The van der Waals surface area contributed by atoms with Crippen molar-refractivity contribution in [3.8, 4) is 11.1 Å². The lowest BCUT2D eigenvalue weighted by molar-refractivity contribution is 1.09. The number of hydrogen-bond donors (Lipinski definition) is 0. The molecule has 0 spiro atoms. The Hall–Kier alpha value is -6.12. The molecule has 2 nitrogen and oxygen atoms in total. The summed E-state index contributed by atoms with van der Waals surface area (Å²) in [5, 5.41) is 4.90. The molecule has 0 atom stereocenters. The Labute approximate surface area is 290 Å². The van der Waals surface area contributed by atoms with Crippen molar-refractivity contribution in [1.82, 2.24) is 0 Å². The Bertz CT molecular complexity index is 2080. The summed E-state index contributed by atoms with van der Waals surface area (Å²) >= 11 is 0. The highest BCUT2D eigenvalue weighted by Gasteiger charge is 2.17. The zero-order valence-corrected chi connectivity index (χ0v) is 28.1. The predicted octanol–water partition coefficient (Wildman–Crippen LogP) is 14.0. The van der Waals surface area contributed by atoms with Gasteiger partial charge in [0.1, 0.15) is 0 Å². The standard InChI is InChI=1S/C44H32N2.C3H8/c1-3-17-37(18-4-1)45(43-23-11-15-35-13-7-9-21-41(35)43)39-29-25-33(26-30-39)34-27-31-40(32-28-34)46(38-19-5-2-6-20-38)44-24-12-16-36-14-8-10-22-42(36)44;1-3-2/h1-32H;3H2,1-2H3. The zero-order valence-electron chi connectivity index (χ0n) is 28.1. The van der Waals surface area contributed by atoms with Gasteiger partial charge in [-0.15, -0.1) is 0 Å². The van der Waals surface area contributed by atoms with E-state index < -0.39 is 0 Å². The lowest BCUT2D eigenvalue weighted by atomic mass is 10.0. The van der Waals surface area contributed by atoms with E-state index in [0.29, 0.717) is 0 Å². The zero-order chi connectivity index (χ0) is 33.4. The van der Waals surface area contributed by atoms with Gasteiger partial charge in [0.15, 0.2) is 0 Å². The molecule has 0 N–H and O–H groups in total. The normalized spacial score (nSPS) is 10.7. The van der Waals surface area contributed by atoms with Gasteiger partial charge in [-0.2, -0.15) is 0 Å². The minimum Gasteiger partial charge on any atom is -0.310 e. The summed E-state index contributed by atoms with van der Waals surface area (Å²) in [5.41, 5.74) is 9.18. The predicted molar refractivity (Wildman–Crippen MR) is 212 cm³/mol. The number of rotatable bonds is 7. The number of fused-ring (bicyclic) bond motifs is 2. The topological polar surface area (TPSA) is 6.48 Å². The van der Waals surface area contributed by atoms with Crippen molar-refractivity contribution in [2.45, 2.75) is 20.3 Å². The molecule has 0 fully saturated rings. The van der Waals surface area contributed by atoms with Crippen LogP contribution in [0.1, 0.15) is 20.3 Å². The molecule has 2 heteroatoms. The van der Waals surface area contributed by atoms with Gasteiger partial charge in [0.2, 0.25) is 0 Å². The summed E-state index contributed by atoms with van der Waals surface area (Å²) in [6.07, 6.45) is 1.25. The molecule has 238 valence electrons. The summed E-state index contributed by atoms with van der Waals surface area (Å²) in [7, 11) is 0. The first kappa shape index (κ1) is 31.5. The Kier molecular flexibility index (Phi) is 9.48. The van der Waals surface area contributed by atoms with Crippen LogP contribution in [-0.2, 0) is 0 Å². The van der Waals surface area contributed by atoms with E-state index in [1.165, 1.54) is 39.1 Å². The minimum absolute atomic E-state index is 1.12. The highest BCUT2D eigenvalue weighted by Crippen LogP contribution is 2.41. The average Bonchev–Trinajstić information content (AvgIpc) is 3.17. The van der Waals surface area contributed by atoms with Crippen LogP contribution in [0.15, 0.2) is 194 Å². The van der Waals surface area contributed by atoms with Crippen molar-refractivity contribution in [1.29, 1.82) is 0 Å². The van der Waals surface area contributed by atoms with Gasteiger partial charge in [-0.25, -0.2) is 0 Å². The minimum atomic E-state index is 1.12. The van der Waals surface area contributed by atoms with Crippen LogP contribution < -0.4 is 9.80 Å². The first-order valence-corrected chi connectivity index (χ1v) is 17.1. The second kappa shape index (κ2) is 14.8. The molecule has 0 bridgehead atoms. The van der Waals surface area contributed by atoms with Crippen molar-refractivity contribution in [3.05, 3.63) is 194 Å². The molecule has 0 aliphatic heterocycles. The Morgan fingerprint density at radius 2 is 0.612 bits per heavy atom. The summed E-state index contributed by atoms with van der Waals surface area (Å²) in [6, 6.07) is 69.2. The molecule has 0 heterocycles. The molecule has 0 unspecified atom stereocenters. The van der Waals surface area contributed by atoms with Gasteiger partial charge < -0.3 is 9.80 Å². The third kappa shape index (κ3) is 6.68. The Morgan fingerprint density at radius 1 is 0.306 bits per heavy atom. The second-order valence-corrected chi connectivity index (χ2v) is 12.1. The molecule has 0 radical (unpaired) electrons. The fourth-order valence-corrected chi connectivity index (χ4v) is 6.42. The molecule has 0 aliphatic rings. The van der Waals surface area contributed by atoms with Crippen LogP contribution in [0.2, 0.25) is 0 Å². The summed E-state index contributed by atoms with van der Waals surface area (Å²) in [5.74, 6) is 0. The van der Waals surface area contributed by atoms with E-state index >= 15 is 0 Å². The highest BCUT2D eigenvalue weighted by atomic mass is 15.1. The van der Waals surface area contributed by atoms with Gasteiger partial charge in [-0.3, -0.25) is 0 Å². The molecule has 0 saturated heterocycles. The van der Waals surface area contributed by atoms with E-state index in [0.717, 1.165) is 34.1 Å². The van der Waals surface area contributed by atoms with Crippen molar-refractivity contribution in [2.24, 2.45) is 0 Å². The van der Waals surface area contributed by atoms with Gasteiger partial charge in [0.05, 0.1) is 11.4 Å². The van der Waals surface area contributed by atoms with Crippen molar-refractivity contribution < 1.29 is 0 Å². The summed E-state index contributed by atoms with van der Waals surface area (Å²) < 4.78 is 0. The molecule has 49 heavy (non-hydrogen) atoms. The molecule has 8 rings (SSSR count). The molecule has 0 amide bonds. The number of benzene rings is 8. The molecule has 8 aromatic carbocycles. The van der Waals surface area contributed by atoms with E-state index in [9.17, 15) is 0 Å². The fourth-order valence-electron chi connectivity index (χ4n) is 6.42. The van der Waals surface area contributed by atoms with Gasteiger partial charge in [0.25, 0.3) is 0 Å². The van der Waals surface area contributed by atoms with Crippen LogP contribution in [0.25, 0.3) is 32.7 Å². The van der Waals surface area contributed by atoms with Crippen LogP contribution in [0.5, 0.6) is 0 Å². The molecule has 0 saturated carbocycles. The number of hydrogen-bond acceptors (Lipinski definition) is 2. The van der Waals surface area contributed by atoms with Crippen molar-refractivity contribution in [2.75, 3.05) is 9.80 Å². The van der Waals surface area contributed by atoms with Crippen LogP contribution in [0, 0.1) is 0 Å². The second-order valence-electron chi connectivity index (χ2n) is 12.1. The smallest absolute Gasteiger partial charge is 0.0540 e. The van der Waals surface area contributed by atoms with E-state index in [4.69, 9.17) is 0 Å². The maximum atomic E-state index is 2.34. The van der Waals surface area contributed by atoms with E-state index in [-0.39, 0.29) is 0 Å². The first-order valence-electron chi connectivity index (χ1n) is 17.1. The van der Waals surface area contributed by atoms with Gasteiger partial charge in [0, 0.05) is 33.5 Å². The fraction of sp³-hybridized carbons (Fsp3) is 0.0638. The average molecular weight is 633 g/mol. The maximum Gasteiger partial charge on any atom is 0.0540 e.